The van der Waals surface area contributed by atoms with Crippen molar-refractivity contribution in [2.24, 2.45) is 0 Å². The molecule has 2 saturated heterocycles. The highest BCUT2D eigenvalue weighted by molar-refractivity contribution is 7.32. The SMILES string of the molecule is COc1cc(C(C)(C)C)c2op(OC[C@H]3O[C@@H]4OC(C)(C)O[C@@H]4[C@H]3Op3oc4ccccc4c4ccccc4o3)oc3c(C(C)(C)C)cc(OC)cc3c2c1. The molecule has 0 bridgehead atoms. The maximum atomic E-state index is 6.82. The van der Waals surface area contributed by atoms with Crippen LogP contribution in [0.3, 0.4) is 0 Å². The van der Waals surface area contributed by atoms with Gasteiger partial charge in [-0.25, -0.2) is 0 Å². The molecule has 0 unspecified atom stereocenters. The number of fused-ring (bicyclic) bond motifs is 7. The minimum Gasteiger partial charge on any atom is -0.497 e. The van der Waals surface area contributed by atoms with Crippen molar-refractivity contribution in [2.45, 2.75) is 96.6 Å². The van der Waals surface area contributed by atoms with E-state index < -0.39 is 46.9 Å². The molecule has 0 radical (unpaired) electrons. The van der Waals surface area contributed by atoms with Gasteiger partial charge in [-0.1, -0.05) is 77.9 Å². The third-order valence-electron chi connectivity index (χ3n) is 9.88. The molecule has 55 heavy (non-hydrogen) atoms. The molecule has 11 nitrogen and oxygen atoms in total. The molecule has 4 heterocycles. The van der Waals surface area contributed by atoms with Gasteiger partial charge in [0.25, 0.3) is 0 Å². The van der Waals surface area contributed by atoms with E-state index in [2.05, 4.69) is 41.5 Å². The molecule has 292 valence electrons. The summed E-state index contributed by atoms with van der Waals surface area (Å²) < 4.78 is 70.6. The molecule has 0 N–H and O–H groups in total. The van der Waals surface area contributed by atoms with Gasteiger partial charge >= 0.3 is 16.5 Å². The van der Waals surface area contributed by atoms with Crippen molar-refractivity contribution < 1.29 is 49.5 Å². The number of rotatable bonds is 7. The van der Waals surface area contributed by atoms with Gasteiger partial charge in [-0.2, -0.15) is 0 Å². The van der Waals surface area contributed by atoms with Gasteiger partial charge in [0.2, 0.25) is 0 Å². The standard InChI is InChI=1S/C42H48O11P2/c1-40(2,3)30-21-24(43-9)19-28-29-20-25(44-10)22-31(41(4,5)6)36(29)52-54(51-35(28)30)45-23-34-37(38-39(46-34)48-42(7,8)47-38)53-55-49-32-17-13-11-15-26(32)27-16-12-14-18-33(27)50-55/h11-22,34,37-39H,23H2,1-10H3/t34-,37+,38-,39-/m1/s1. The lowest BCUT2D eigenvalue weighted by atomic mass is 9.84. The lowest BCUT2D eigenvalue weighted by Gasteiger charge is -2.24. The number of ether oxygens (including phenoxy) is 5. The summed E-state index contributed by atoms with van der Waals surface area (Å²) in [6, 6.07) is 23.6. The molecule has 4 atom stereocenters. The number of hydrogen-bond donors (Lipinski definition) is 0. The summed E-state index contributed by atoms with van der Waals surface area (Å²) in [6.07, 6.45) is -2.65. The van der Waals surface area contributed by atoms with Crippen molar-refractivity contribution in [3.63, 3.8) is 0 Å². The van der Waals surface area contributed by atoms with Crippen LogP contribution in [0.2, 0.25) is 0 Å². The Morgan fingerprint density at radius 1 is 0.636 bits per heavy atom. The minimum atomic E-state index is -2.04. The largest absolute Gasteiger partial charge is 0.497 e. The van der Waals surface area contributed by atoms with Crippen LogP contribution in [0, 0.1) is 0 Å². The quantitative estimate of drug-likeness (QED) is 0.154. The molecule has 6 aromatic rings. The lowest BCUT2D eigenvalue weighted by Crippen LogP contribution is -2.41. The fourth-order valence-corrected chi connectivity index (χ4v) is 9.49. The summed E-state index contributed by atoms with van der Waals surface area (Å²) in [4.78, 5) is 0. The summed E-state index contributed by atoms with van der Waals surface area (Å²) in [5.41, 5.74) is 3.86. The molecular weight excluding hydrogens is 742 g/mol. The van der Waals surface area contributed by atoms with Crippen LogP contribution in [-0.2, 0) is 25.0 Å². The van der Waals surface area contributed by atoms with E-state index in [4.69, 9.17) is 49.5 Å². The normalized spacial score (nSPS) is 21.1. The van der Waals surface area contributed by atoms with Gasteiger partial charge in [-0.05, 0) is 61.1 Å². The second-order valence-corrected chi connectivity index (χ2v) is 18.5. The highest BCUT2D eigenvalue weighted by Crippen LogP contribution is 2.46. The van der Waals surface area contributed by atoms with E-state index in [1.54, 1.807) is 14.2 Å². The molecule has 4 aromatic carbocycles. The zero-order chi connectivity index (χ0) is 38.9. The monoisotopic (exact) mass is 790 g/mol. The van der Waals surface area contributed by atoms with E-state index in [0.29, 0.717) is 33.8 Å². The highest BCUT2D eigenvalue weighted by Gasteiger charge is 2.56. The van der Waals surface area contributed by atoms with Crippen molar-refractivity contribution in [1.82, 2.24) is 0 Å². The third kappa shape index (κ3) is 7.40. The fraction of sp³-hybridized carbons (Fsp3) is 0.429. The first-order valence-corrected chi connectivity index (χ1v) is 20.6. The van der Waals surface area contributed by atoms with Crippen LogP contribution in [0.4, 0.5) is 0 Å². The predicted molar refractivity (Wildman–Crippen MR) is 214 cm³/mol. The Balaban J connectivity index is 1.24. The van der Waals surface area contributed by atoms with E-state index in [1.807, 2.05) is 86.6 Å². The van der Waals surface area contributed by atoms with Crippen LogP contribution in [-0.4, -0.2) is 51.2 Å². The van der Waals surface area contributed by atoms with Gasteiger partial charge < -0.3 is 40.5 Å². The molecule has 0 saturated carbocycles. The highest BCUT2D eigenvalue weighted by atomic mass is 31.1. The second kappa shape index (κ2) is 14.2. The predicted octanol–water partition coefficient (Wildman–Crippen LogP) is 11.3. The van der Waals surface area contributed by atoms with E-state index in [0.717, 1.165) is 32.7 Å². The molecule has 8 rings (SSSR count). The Labute approximate surface area is 322 Å². The van der Waals surface area contributed by atoms with Crippen LogP contribution in [0.15, 0.2) is 89.6 Å². The number of methoxy groups -OCH3 is 2. The zero-order valence-electron chi connectivity index (χ0n) is 32.8. The van der Waals surface area contributed by atoms with Crippen molar-refractivity contribution in [2.75, 3.05) is 20.8 Å². The Morgan fingerprint density at radius 2 is 1.15 bits per heavy atom. The molecule has 2 fully saturated rings. The first kappa shape index (κ1) is 38.0. The molecule has 0 aliphatic carbocycles. The molecule has 2 aliphatic rings. The van der Waals surface area contributed by atoms with Gasteiger partial charge in [-0.15, -0.1) is 0 Å². The maximum absolute atomic E-state index is 6.82. The van der Waals surface area contributed by atoms with Crippen LogP contribution < -0.4 is 18.5 Å². The fourth-order valence-electron chi connectivity index (χ4n) is 7.17. The van der Waals surface area contributed by atoms with Crippen molar-refractivity contribution in [1.29, 1.82) is 0 Å². The van der Waals surface area contributed by atoms with Crippen LogP contribution >= 0.6 is 16.5 Å². The first-order valence-electron chi connectivity index (χ1n) is 18.4. The van der Waals surface area contributed by atoms with Crippen molar-refractivity contribution in [3.05, 3.63) is 83.9 Å². The van der Waals surface area contributed by atoms with E-state index >= 15 is 0 Å². The Kier molecular flexibility index (Phi) is 9.82. The Hall–Kier alpha value is -3.92. The molecule has 0 spiro atoms. The topological polar surface area (TPSA) is 117 Å². The van der Waals surface area contributed by atoms with Crippen molar-refractivity contribution >= 4 is 60.4 Å². The zero-order valence-corrected chi connectivity index (χ0v) is 34.6. The van der Waals surface area contributed by atoms with Gasteiger partial charge in [-0.3, -0.25) is 9.05 Å². The summed E-state index contributed by atoms with van der Waals surface area (Å²) in [7, 11) is -0.672. The van der Waals surface area contributed by atoms with E-state index in [-0.39, 0.29) is 17.4 Å². The molecule has 2 aromatic heterocycles. The second-order valence-electron chi connectivity index (χ2n) is 16.4. The van der Waals surface area contributed by atoms with E-state index in [9.17, 15) is 0 Å². The molecule has 2 aliphatic heterocycles. The number of hydrogen-bond acceptors (Lipinski definition) is 11. The van der Waals surface area contributed by atoms with Gasteiger partial charge in [0, 0.05) is 32.7 Å². The minimum absolute atomic E-state index is 0.0273. The van der Waals surface area contributed by atoms with Gasteiger partial charge in [0.15, 0.2) is 12.1 Å². The average molecular weight is 791 g/mol. The van der Waals surface area contributed by atoms with Gasteiger partial charge in [0.1, 0.15) is 52.1 Å². The molecular formula is C42H48O11P2. The first-order chi connectivity index (χ1) is 26.1. The van der Waals surface area contributed by atoms with E-state index in [1.165, 1.54) is 0 Å². The summed E-state index contributed by atoms with van der Waals surface area (Å²) >= 11 is 0. The number of benzene rings is 4. The Bertz CT molecular complexity index is 2330. The van der Waals surface area contributed by atoms with Crippen LogP contribution in [0.25, 0.3) is 43.9 Å². The van der Waals surface area contributed by atoms with Crippen molar-refractivity contribution in [3.8, 4) is 11.5 Å². The van der Waals surface area contributed by atoms with Gasteiger partial charge in [0.05, 0.1) is 20.8 Å². The summed E-state index contributed by atoms with van der Waals surface area (Å²) in [5.74, 6) is 0.518. The average Bonchev–Trinajstić information content (AvgIpc) is 3.46. The summed E-state index contributed by atoms with van der Waals surface area (Å²) in [5, 5.41) is 3.47. The van der Waals surface area contributed by atoms with Crippen LogP contribution in [0.1, 0.15) is 66.5 Å². The Morgan fingerprint density at radius 3 is 1.64 bits per heavy atom. The molecule has 13 heteroatoms. The maximum Gasteiger partial charge on any atom is 0.387 e. The lowest BCUT2D eigenvalue weighted by molar-refractivity contribution is -0.213. The summed E-state index contributed by atoms with van der Waals surface area (Å²) in [6.45, 7) is 16.5. The van der Waals surface area contributed by atoms with Crippen LogP contribution in [0.5, 0.6) is 11.5 Å². The third-order valence-corrected chi connectivity index (χ3v) is 12.0. The smallest absolute Gasteiger partial charge is 0.387 e. The molecule has 0 amide bonds. The number of para-hydroxylation sites is 2.